The lowest BCUT2D eigenvalue weighted by molar-refractivity contribution is -0.116. The second kappa shape index (κ2) is 7.35. The number of nitrogens with one attached hydrogen (secondary N) is 1. The highest BCUT2D eigenvalue weighted by Gasteiger charge is 2.25. The van der Waals surface area contributed by atoms with Gasteiger partial charge in [0, 0.05) is 48.9 Å². The van der Waals surface area contributed by atoms with E-state index < -0.39 is 0 Å². The van der Waals surface area contributed by atoms with Gasteiger partial charge in [-0.05, 0) is 43.1 Å². The van der Waals surface area contributed by atoms with Gasteiger partial charge in [-0.1, -0.05) is 0 Å². The normalized spacial score (nSPS) is 14.4. The molecule has 2 aliphatic rings. The maximum absolute atomic E-state index is 13.2. The van der Waals surface area contributed by atoms with Crippen molar-refractivity contribution in [3.8, 4) is 22.8 Å². The quantitative estimate of drug-likeness (QED) is 0.499. The standard InChI is InChI=1S/C24H23N5O4/c1-13(30)29-6-3-14-7-17-18(9-19(14)29)27-24(31)23(26-17)16-11-28(5-2-4-25)20-10-22-21(8-15(16)20)32-12-33-22/h7-11H,2-6,12,25H2,1H3,(H,27,31). The lowest BCUT2D eigenvalue weighted by Gasteiger charge is -2.15. The topological polar surface area (TPSA) is 115 Å². The van der Waals surface area contributed by atoms with E-state index in [1.165, 1.54) is 0 Å². The van der Waals surface area contributed by atoms with Crippen molar-refractivity contribution < 1.29 is 14.3 Å². The summed E-state index contributed by atoms with van der Waals surface area (Å²) < 4.78 is 13.2. The minimum atomic E-state index is -0.287. The predicted octanol–water partition coefficient (Wildman–Crippen LogP) is 2.53. The predicted molar refractivity (Wildman–Crippen MR) is 125 cm³/mol. The summed E-state index contributed by atoms with van der Waals surface area (Å²) in [6.45, 7) is 3.65. The molecule has 0 saturated heterocycles. The Morgan fingerprint density at radius 2 is 2.03 bits per heavy atom. The monoisotopic (exact) mass is 445 g/mol. The Hall–Kier alpha value is -3.85. The van der Waals surface area contributed by atoms with Crippen molar-refractivity contribution in [2.45, 2.75) is 26.3 Å². The number of aryl methyl sites for hydroxylation is 1. The van der Waals surface area contributed by atoms with Crippen LogP contribution < -0.4 is 25.7 Å². The SMILES string of the molecule is CC(=O)N1CCc2cc3nc(-c4cn(CCCN)c5cc6c(cc45)OCO6)c(=O)[nH]c3cc21. The number of benzene rings is 2. The van der Waals surface area contributed by atoms with Gasteiger partial charge in [-0.15, -0.1) is 0 Å². The molecule has 0 unspecified atom stereocenters. The number of H-pyrrole nitrogens is 1. The average molecular weight is 445 g/mol. The highest BCUT2D eigenvalue weighted by Crippen LogP contribution is 2.40. The first-order valence-electron chi connectivity index (χ1n) is 11.0. The number of carbonyl (C=O) groups excluding carboxylic acids is 1. The molecule has 4 aromatic rings. The number of carbonyl (C=O) groups is 1. The van der Waals surface area contributed by atoms with Crippen molar-refractivity contribution in [1.29, 1.82) is 0 Å². The van der Waals surface area contributed by atoms with Crippen molar-refractivity contribution in [2.24, 2.45) is 5.73 Å². The molecule has 0 bridgehead atoms. The van der Waals surface area contributed by atoms with Crippen molar-refractivity contribution >= 4 is 33.5 Å². The summed E-state index contributed by atoms with van der Waals surface area (Å²) in [4.78, 5) is 34.6. The van der Waals surface area contributed by atoms with Gasteiger partial charge >= 0.3 is 0 Å². The van der Waals surface area contributed by atoms with Gasteiger partial charge < -0.3 is 29.7 Å². The third-order valence-corrected chi connectivity index (χ3v) is 6.40. The van der Waals surface area contributed by atoms with E-state index in [0.717, 1.165) is 40.6 Å². The van der Waals surface area contributed by atoms with Crippen LogP contribution in [0.25, 0.3) is 33.2 Å². The van der Waals surface area contributed by atoms with Crippen molar-refractivity contribution in [2.75, 3.05) is 24.8 Å². The number of fused-ring (bicyclic) bond motifs is 4. The van der Waals surface area contributed by atoms with Crippen molar-refractivity contribution in [1.82, 2.24) is 14.5 Å². The highest BCUT2D eigenvalue weighted by atomic mass is 16.7. The summed E-state index contributed by atoms with van der Waals surface area (Å²) in [6.07, 6.45) is 3.52. The summed E-state index contributed by atoms with van der Waals surface area (Å²) in [6, 6.07) is 7.66. The van der Waals surface area contributed by atoms with Crippen LogP contribution in [-0.2, 0) is 17.8 Å². The van der Waals surface area contributed by atoms with Crippen LogP contribution in [0.3, 0.4) is 0 Å². The van der Waals surface area contributed by atoms with E-state index in [1.807, 2.05) is 30.5 Å². The molecular weight excluding hydrogens is 422 g/mol. The molecule has 0 aliphatic carbocycles. The molecule has 2 aliphatic heterocycles. The zero-order chi connectivity index (χ0) is 22.7. The molecule has 0 radical (unpaired) electrons. The number of rotatable bonds is 4. The summed E-state index contributed by atoms with van der Waals surface area (Å²) >= 11 is 0. The Morgan fingerprint density at radius 1 is 1.21 bits per heavy atom. The van der Waals surface area contributed by atoms with Crippen LogP contribution in [0.4, 0.5) is 5.69 Å². The maximum atomic E-state index is 13.2. The summed E-state index contributed by atoms with van der Waals surface area (Å²) in [5.74, 6) is 1.33. The van der Waals surface area contributed by atoms with Crippen molar-refractivity contribution in [3.63, 3.8) is 0 Å². The summed E-state index contributed by atoms with van der Waals surface area (Å²) in [5.41, 5.74) is 10.7. The number of anilines is 1. The van der Waals surface area contributed by atoms with E-state index in [-0.39, 0.29) is 18.3 Å². The van der Waals surface area contributed by atoms with Gasteiger partial charge in [0.25, 0.3) is 5.56 Å². The third kappa shape index (κ3) is 3.07. The van der Waals surface area contributed by atoms with E-state index in [2.05, 4.69) is 9.55 Å². The second-order valence-corrected chi connectivity index (χ2v) is 8.43. The minimum absolute atomic E-state index is 0.0101. The fourth-order valence-corrected chi connectivity index (χ4v) is 4.79. The van der Waals surface area contributed by atoms with E-state index in [9.17, 15) is 9.59 Å². The zero-order valence-electron chi connectivity index (χ0n) is 18.2. The molecule has 0 saturated carbocycles. The average Bonchev–Trinajstić information content (AvgIpc) is 3.51. The van der Waals surface area contributed by atoms with Gasteiger partial charge in [0.2, 0.25) is 12.7 Å². The Labute approximate surface area is 188 Å². The lowest BCUT2D eigenvalue weighted by atomic mass is 10.1. The first-order valence-corrected chi connectivity index (χ1v) is 11.0. The lowest BCUT2D eigenvalue weighted by Crippen LogP contribution is -2.25. The molecule has 2 aromatic carbocycles. The van der Waals surface area contributed by atoms with Crippen LogP contribution >= 0.6 is 0 Å². The fourth-order valence-electron chi connectivity index (χ4n) is 4.79. The van der Waals surface area contributed by atoms with Crippen LogP contribution in [-0.4, -0.2) is 40.3 Å². The number of aromatic amines is 1. The molecular formula is C24H23N5O4. The van der Waals surface area contributed by atoms with Crippen LogP contribution in [0.1, 0.15) is 18.9 Å². The molecule has 33 heavy (non-hydrogen) atoms. The first-order chi connectivity index (χ1) is 16.0. The molecule has 0 spiro atoms. The summed E-state index contributed by atoms with van der Waals surface area (Å²) in [7, 11) is 0. The van der Waals surface area contributed by atoms with Gasteiger partial charge in [-0.25, -0.2) is 4.98 Å². The first kappa shape index (κ1) is 19.8. The highest BCUT2D eigenvalue weighted by molar-refractivity contribution is 5.99. The van der Waals surface area contributed by atoms with Gasteiger partial charge in [-0.2, -0.15) is 0 Å². The number of hydrogen-bond donors (Lipinski definition) is 2. The molecule has 0 fully saturated rings. The van der Waals surface area contributed by atoms with Gasteiger partial charge in [-0.3, -0.25) is 9.59 Å². The molecule has 4 heterocycles. The Balaban J connectivity index is 1.54. The van der Waals surface area contributed by atoms with Crippen molar-refractivity contribution in [3.05, 3.63) is 46.4 Å². The second-order valence-electron chi connectivity index (χ2n) is 8.43. The largest absolute Gasteiger partial charge is 0.454 e. The minimum Gasteiger partial charge on any atom is -0.454 e. The summed E-state index contributed by atoms with van der Waals surface area (Å²) in [5, 5.41) is 0.873. The molecule has 3 N–H and O–H groups in total. The van der Waals surface area contributed by atoms with Gasteiger partial charge in [0.1, 0.15) is 5.69 Å². The van der Waals surface area contributed by atoms with Crippen LogP contribution in [0.5, 0.6) is 11.5 Å². The molecule has 9 nitrogen and oxygen atoms in total. The van der Waals surface area contributed by atoms with E-state index in [0.29, 0.717) is 47.9 Å². The number of hydrogen-bond acceptors (Lipinski definition) is 6. The number of nitrogens with zero attached hydrogens (tertiary/aromatic N) is 3. The number of amides is 1. The number of nitrogens with two attached hydrogens (primary N) is 1. The molecule has 168 valence electrons. The smallest absolute Gasteiger partial charge is 0.275 e. The molecule has 0 atom stereocenters. The molecule has 2 aromatic heterocycles. The number of aromatic nitrogens is 3. The van der Waals surface area contributed by atoms with Crippen LogP contribution in [0.15, 0.2) is 35.3 Å². The van der Waals surface area contributed by atoms with Gasteiger partial charge in [0.15, 0.2) is 11.5 Å². The molecule has 9 heteroatoms. The third-order valence-electron chi connectivity index (χ3n) is 6.40. The van der Waals surface area contributed by atoms with E-state index >= 15 is 0 Å². The Morgan fingerprint density at radius 3 is 2.82 bits per heavy atom. The fraction of sp³-hybridized carbons (Fsp3) is 0.292. The number of ether oxygens (including phenoxy) is 2. The zero-order valence-corrected chi connectivity index (χ0v) is 18.2. The van der Waals surface area contributed by atoms with E-state index in [4.69, 9.17) is 20.2 Å². The van der Waals surface area contributed by atoms with Crippen LogP contribution in [0.2, 0.25) is 0 Å². The van der Waals surface area contributed by atoms with Crippen LogP contribution in [0, 0.1) is 0 Å². The van der Waals surface area contributed by atoms with Gasteiger partial charge in [0.05, 0.1) is 16.6 Å². The maximum Gasteiger partial charge on any atom is 0.275 e. The van der Waals surface area contributed by atoms with E-state index in [1.54, 1.807) is 11.8 Å². The molecule has 6 rings (SSSR count). The molecule has 1 amide bonds. The Bertz CT molecular complexity index is 1500. The Kier molecular flexibility index (Phi) is 4.41.